The van der Waals surface area contributed by atoms with Gasteiger partial charge >= 0.3 is 12.0 Å². The molecule has 12 nitrogen and oxygen atoms in total. The lowest BCUT2D eigenvalue weighted by Crippen LogP contribution is -2.64. The molecule has 5 aliphatic rings. The molecule has 1 aliphatic heterocycles. The number of ether oxygens (including phenoxy) is 1. The van der Waals surface area contributed by atoms with Gasteiger partial charge in [-0.05, 0) is 137 Å². The van der Waals surface area contributed by atoms with Crippen molar-refractivity contribution < 1.29 is 19.4 Å². The van der Waals surface area contributed by atoms with Crippen LogP contribution >= 0.6 is 11.3 Å². The van der Waals surface area contributed by atoms with Crippen molar-refractivity contribution in [1.29, 1.82) is 0 Å². The van der Waals surface area contributed by atoms with Crippen LogP contribution in [0.4, 0.5) is 15.6 Å². The number of nitrogens with two attached hydrogens (primary N) is 1. The third-order valence-corrected chi connectivity index (χ3v) is 14.5. The van der Waals surface area contributed by atoms with Gasteiger partial charge in [-0.2, -0.15) is 5.10 Å². The first-order chi connectivity index (χ1) is 28.3. The Balaban J connectivity index is 0.955. The number of aryl methyl sites for hydroxylation is 1. The highest BCUT2D eigenvalue weighted by Crippen LogP contribution is 2.72. The number of hydrogen-bond acceptors (Lipinski definition) is 9. The first kappa shape index (κ1) is 39.8. The van der Waals surface area contributed by atoms with Crippen molar-refractivity contribution in [3.8, 4) is 22.4 Å². The number of aromatic carboxylic acids is 1. The Hall–Kier alpha value is -4.69. The third-order valence-electron chi connectivity index (χ3n) is 13.5. The summed E-state index contributed by atoms with van der Waals surface area (Å²) in [6.45, 7) is 11.6. The van der Waals surface area contributed by atoms with E-state index in [0.29, 0.717) is 29.5 Å². The van der Waals surface area contributed by atoms with Gasteiger partial charge in [0.2, 0.25) is 0 Å². The van der Waals surface area contributed by atoms with E-state index in [1.165, 1.54) is 17.8 Å². The minimum absolute atomic E-state index is 0.0214. The number of benzene rings is 2. The zero-order valence-corrected chi connectivity index (χ0v) is 35.5. The molecule has 5 aromatic rings. The molecule has 2 atom stereocenters. The number of urea groups is 1. The minimum atomic E-state index is -1.10. The average Bonchev–Trinajstić information content (AvgIpc) is 3.76. The monoisotopic (exact) mass is 816 g/mol. The van der Waals surface area contributed by atoms with Crippen LogP contribution in [0.2, 0.25) is 0 Å². The normalized spacial score (nSPS) is 25.8. The number of nitrogens with one attached hydrogen (secondary N) is 1. The van der Waals surface area contributed by atoms with Crippen LogP contribution in [-0.4, -0.2) is 87.2 Å². The SMILES string of the molecule is Cc1c(-c2ccc(-c3ccc4c(c3)N(C(=O)Nc3nc5ccccc5s3)CCC4)nc2C(=O)O)cnn1CC12CC3(C)CC(C)(C1)CC(OCCN(C)CCCN)(C3)C2. The van der Waals surface area contributed by atoms with E-state index < -0.39 is 5.97 Å². The molecule has 4 N–H and O–H groups in total. The number of carboxylic acid groups (broad SMARTS) is 1. The molecule has 2 unspecified atom stereocenters. The maximum absolute atomic E-state index is 13.6. The molecule has 4 fully saturated rings. The Morgan fingerprint density at radius 2 is 1.78 bits per heavy atom. The van der Waals surface area contributed by atoms with E-state index in [0.717, 1.165) is 116 Å². The molecular formula is C46H56N8O4S. The smallest absolute Gasteiger partial charge is 0.355 e. The summed E-state index contributed by atoms with van der Waals surface area (Å²) < 4.78 is 10.1. The van der Waals surface area contributed by atoms with Crippen molar-refractivity contribution in [2.24, 2.45) is 22.0 Å². The minimum Gasteiger partial charge on any atom is -0.476 e. The first-order valence-corrected chi connectivity index (χ1v) is 22.0. The zero-order valence-electron chi connectivity index (χ0n) is 34.7. The first-order valence-electron chi connectivity index (χ1n) is 21.1. The van der Waals surface area contributed by atoms with Gasteiger partial charge in [-0.3, -0.25) is 14.9 Å². The number of amides is 2. The number of nitrogens with zero attached hydrogens (tertiary/aromatic N) is 6. The number of hydrogen-bond donors (Lipinski definition) is 3. The summed E-state index contributed by atoms with van der Waals surface area (Å²) in [4.78, 5) is 40.0. The number of fused-ring (bicyclic) bond motifs is 2. The average molecular weight is 817 g/mol. The second-order valence-corrected chi connectivity index (χ2v) is 19.9. The van der Waals surface area contributed by atoms with Crippen molar-refractivity contribution in [1.82, 2.24) is 24.6 Å². The van der Waals surface area contributed by atoms with Gasteiger partial charge in [-0.25, -0.2) is 19.6 Å². The van der Waals surface area contributed by atoms with Crippen LogP contribution < -0.4 is 16.0 Å². The van der Waals surface area contributed by atoms with Crippen molar-refractivity contribution in [3.05, 3.63) is 77.7 Å². The molecule has 4 bridgehead atoms. The van der Waals surface area contributed by atoms with E-state index in [4.69, 9.17) is 20.6 Å². The number of para-hydroxylation sites is 1. The van der Waals surface area contributed by atoms with E-state index in [-0.39, 0.29) is 33.6 Å². The fourth-order valence-corrected chi connectivity index (χ4v) is 13.1. The Labute approximate surface area is 350 Å². The van der Waals surface area contributed by atoms with E-state index in [2.05, 4.69) is 40.8 Å². The lowest BCUT2D eigenvalue weighted by Gasteiger charge is -2.69. The van der Waals surface area contributed by atoms with Crippen molar-refractivity contribution in [2.45, 2.75) is 90.7 Å². The van der Waals surface area contributed by atoms with Crippen LogP contribution in [0, 0.1) is 23.2 Å². The van der Waals surface area contributed by atoms with Crippen molar-refractivity contribution in [2.75, 3.05) is 50.1 Å². The van der Waals surface area contributed by atoms with E-state index >= 15 is 0 Å². The van der Waals surface area contributed by atoms with E-state index in [1.807, 2.05) is 67.7 Å². The van der Waals surface area contributed by atoms with Gasteiger partial charge in [0.05, 0.1) is 34.3 Å². The molecule has 59 heavy (non-hydrogen) atoms. The van der Waals surface area contributed by atoms with Gasteiger partial charge in [0, 0.05) is 47.7 Å². The number of aromatic nitrogens is 4. The summed E-state index contributed by atoms with van der Waals surface area (Å²) in [6, 6.07) is 17.2. The lowest BCUT2D eigenvalue weighted by molar-refractivity contribution is -0.248. The lowest BCUT2D eigenvalue weighted by atomic mass is 9.39. The van der Waals surface area contributed by atoms with Crippen LogP contribution in [0.15, 0.2) is 60.8 Å². The number of pyridine rings is 1. The molecule has 4 saturated carbocycles. The number of carbonyl (C=O) groups is 2. The van der Waals surface area contributed by atoms with Gasteiger partial charge in [-0.1, -0.05) is 49.4 Å². The molecule has 0 radical (unpaired) electrons. The van der Waals surface area contributed by atoms with Gasteiger partial charge in [0.15, 0.2) is 10.8 Å². The number of carboxylic acids is 1. The molecule has 0 spiro atoms. The highest BCUT2D eigenvalue weighted by Gasteiger charge is 2.66. The molecule has 2 aromatic carbocycles. The summed E-state index contributed by atoms with van der Waals surface area (Å²) >= 11 is 1.44. The summed E-state index contributed by atoms with van der Waals surface area (Å²) in [6.07, 6.45) is 11.2. The predicted octanol–water partition coefficient (Wildman–Crippen LogP) is 8.63. The van der Waals surface area contributed by atoms with Crippen LogP contribution in [0.3, 0.4) is 0 Å². The number of likely N-dealkylation sites (N-methyl/N-ethyl adjacent to an activating group) is 1. The van der Waals surface area contributed by atoms with Gasteiger partial charge in [0.1, 0.15) is 0 Å². The summed E-state index contributed by atoms with van der Waals surface area (Å²) in [5.74, 6) is -1.10. The van der Waals surface area contributed by atoms with Crippen molar-refractivity contribution in [3.63, 3.8) is 0 Å². The number of carbonyl (C=O) groups excluding carboxylic acids is 1. The molecule has 10 rings (SSSR count). The standard InChI is InChI=1S/C46H56N8O4S/c1-30-34(22-48-54(30)29-45-24-43(2)23-44(3,25-45)27-46(26-43,28-45)58-20-19-52(4)17-8-16-47)33-14-15-35(49-39(33)40(55)56)32-13-12-31-9-7-18-53(37(31)21-32)42(57)51-41-50-36-10-5-6-11-38(36)59-41/h5-6,10-15,21-22H,7-9,16-20,23-29,47H2,1-4H3,(H,55,56)(H,50,51,57). The van der Waals surface area contributed by atoms with Crippen LogP contribution in [-0.2, 0) is 17.7 Å². The number of thiazole rings is 1. The second kappa shape index (κ2) is 15.1. The second-order valence-electron chi connectivity index (χ2n) is 18.9. The zero-order chi connectivity index (χ0) is 41.2. The van der Waals surface area contributed by atoms with Gasteiger partial charge < -0.3 is 20.5 Å². The van der Waals surface area contributed by atoms with E-state index in [1.54, 1.807) is 4.90 Å². The Kier molecular flexibility index (Phi) is 10.2. The topological polar surface area (TPSA) is 152 Å². The van der Waals surface area contributed by atoms with Crippen LogP contribution in [0.5, 0.6) is 0 Å². The molecule has 4 heterocycles. The molecular weight excluding hydrogens is 761 g/mol. The largest absolute Gasteiger partial charge is 0.476 e. The van der Waals surface area contributed by atoms with Gasteiger partial charge in [-0.15, -0.1) is 0 Å². The summed E-state index contributed by atoms with van der Waals surface area (Å²) in [5.41, 5.74) is 12.3. The van der Waals surface area contributed by atoms with Crippen LogP contribution in [0.1, 0.15) is 87.0 Å². The molecule has 13 heteroatoms. The third kappa shape index (κ3) is 7.67. The molecule has 0 saturated heterocycles. The Morgan fingerprint density at radius 3 is 2.54 bits per heavy atom. The summed E-state index contributed by atoms with van der Waals surface area (Å²) in [7, 11) is 2.15. The summed E-state index contributed by atoms with van der Waals surface area (Å²) in [5, 5.41) is 19.1. The van der Waals surface area contributed by atoms with Crippen LogP contribution in [0.25, 0.3) is 32.6 Å². The molecule has 4 aliphatic carbocycles. The highest BCUT2D eigenvalue weighted by atomic mass is 32.1. The van der Waals surface area contributed by atoms with Gasteiger partial charge in [0.25, 0.3) is 0 Å². The molecule has 2 amide bonds. The number of rotatable bonds is 13. The maximum Gasteiger partial charge on any atom is 0.355 e. The van der Waals surface area contributed by atoms with E-state index in [9.17, 15) is 14.7 Å². The fourth-order valence-electron chi connectivity index (χ4n) is 12.3. The highest BCUT2D eigenvalue weighted by molar-refractivity contribution is 7.22. The Morgan fingerprint density at radius 1 is 0.983 bits per heavy atom. The maximum atomic E-state index is 13.6. The fraction of sp³-hybridized carbons (Fsp3) is 0.500. The molecule has 3 aromatic heterocycles. The predicted molar refractivity (Wildman–Crippen MR) is 233 cm³/mol. The quantitative estimate of drug-likeness (QED) is 0.106. The molecule has 310 valence electrons. The van der Waals surface area contributed by atoms with Crippen molar-refractivity contribution >= 4 is 44.4 Å². The number of anilines is 2. The Bertz CT molecular complexity index is 2370.